The van der Waals surface area contributed by atoms with Gasteiger partial charge in [-0.05, 0) is 42.5 Å². The van der Waals surface area contributed by atoms with Gasteiger partial charge in [-0.1, -0.05) is 18.2 Å². The summed E-state index contributed by atoms with van der Waals surface area (Å²) >= 11 is 0. The van der Waals surface area contributed by atoms with Crippen LogP contribution in [0.15, 0.2) is 54.6 Å². The third-order valence-electron chi connectivity index (χ3n) is 2.95. The van der Waals surface area contributed by atoms with Gasteiger partial charge in [-0.25, -0.2) is 0 Å². The van der Waals surface area contributed by atoms with Crippen molar-refractivity contribution in [2.75, 3.05) is 0 Å². The number of benzene rings is 2. The Morgan fingerprint density at radius 2 is 1.67 bits per heavy atom. The fraction of sp³-hybridized carbons (Fsp3) is 0.0667. The van der Waals surface area contributed by atoms with E-state index in [0.29, 0.717) is 11.3 Å². The highest BCUT2D eigenvalue weighted by Gasteiger charge is 2.31. The average Bonchev–Trinajstić information content (AvgIpc) is 2.39. The van der Waals surface area contributed by atoms with E-state index in [1.54, 1.807) is 18.2 Å². The Labute approximate surface area is 105 Å². The second-order valence-corrected chi connectivity index (χ2v) is 4.22. The first kappa shape index (κ1) is 10.9. The quantitative estimate of drug-likeness (QED) is 0.805. The van der Waals surface area contributed by atoms with E-state index in [4.69, 9.17) is 4.74 Å². The van der Waals surface area contributed by atoms with E-state index in [2.05, 4.69) is 0 Å². The van der Waals surface area contributed by atoms with E-state index in [0.717, 1.165) is 5.56 Å². The number of phenols is 1. The molecule has 0 aromatic heterocycles. The Bertz CT molecular complexity index is 601. The highest BCUT2D eigenvalue weighted by atomic mass is 16.6. The van der Waals surface area contributed by atoms with Gasteiger partial charge in [0, 0.05) is 11.1 Å². The highest BCUT2D eigenvalue weighted by Crippen LogP contribution is 2.35. The zero-order valence-corrected chi connectivity index (χ0v) is 9.58. The lowest BCUT2D eigenvalue weighted by atomic mass is 10.0. The summed E-state index contributed by atoms with van der Waals surface area (Å²) in [5.41, 5.74) is 1.51. The van der Waals surface area contributed by atoms with Crippen LogP contribution in [0.5, 0.6) is 11.5 Å². The van der Waals surface area contributed by atoms with Crippen LogP contribution in [-0.2, 0) is 5.79 Å². The summed E-state index contributed by atoms with van der Waals surface area (Å²) < 4.78 is 5.63. The summed E-state index contributed by atoms with van der Waals surface area (Å²) in [6, 6.07) is 13.8. The van der Waals surface area contributed by atoms with Crippen molar-refractivity contribution >= 4 is 6.08 Å². The molecule has 0 fully saturated rings. The Morgan fingerprint density at radius 3 is 2.44 bits per heavy atom. The minimum Gasteiger partial charge on any atom is -0.508 e. The maximum Gasteiger partial charge on any atom is 0.255 e. The molecule has 1 atom stereocenters. The van der Waals surface area contributed by atoms with E-state index < -0.39 is 5.79 Å². The van der Waals surface area contributed by atoms with Crippen LogP contribution in [0.1, 0.15) is 11.1 Å². The molecule has 2 aromatic carbocycles. The Kier molecular flexibility index (Phi) is 2.35. The second-order valence-electron chi connectivity index (χ2n) is 4.22. The number of aromatic hydroxyl groups is 1. The fourth-order valence-corrected chi connectivity index (χ4v) is 1.97. The van der Waals surface area contributed by atoms with E-state index in [9.17, 15) is 10.2 Å². The molecule has 1 aliphatic heterocycles. The Morgan fingerprint density at radius 1 is 0.944 bits per heavy atom. The second kappa shape index (κ2) is 3.89. The molecular weight excluding hydrogens is 228 g/mol. The summed E-state index contributed by atoms with van der Waals surface area (Å²) in [6.07, 6.45) is 3.42. The van der Waals surface area contributed by atoms with Crippen molar-refractivity contribution in [1.29, 1.82) is 0 Å². The number of hydrogen-bond acceptors (Lipinski definition) is 3. The van der Waals surface area contributed by atoms with E-state index in [1.807, 2.05) is 30.3 Å². The summed E-state index contributed by atoms with van der Waals surface area (Å²) in [4.78, 5) is 0. The molecule has 2 aromatic rings. The Hall–Kier alpha value is -2.26. The molecule has 0 amide bonds. The van der Waals surface area contributed by atoms with Crippen LogP contribution >= 0.6 is 0 Å². The maximum absolute atomic E-state index is 10.5. The normalized spacial score (nSPS) is 21.2. The molecule has 0 radical (unpaired) electrons. The van der Waals surface area contributed by atoms with Gasteiger partial charge >= 0.3 is 0 Å². The van der Waals surface area contributed by atoms with Gasteiger partial charge in [0.15, 0.2) is 0 Å². The summed E-state index contributed by atoms with van der Waals surface area (Å²) in [6.45, 7) is 0. The first-order valence-corrected chi connectivity index (χ1v) is 5.66. The molecule has 0 spiro atoms. The SMILES string of the molecule is Oc1ccc(C2(O)C=Cc3ccccc3O2)cc1. The van der Waals surface area contributed by atoms with Gasteiger partial charge in [0.25, 0.3) is 5.79 Å². The largest absolute Gasteiger partial charge is 0.508 e. The lowest BCUT2D eigenvalue weighted by Crippen LogP contribution is -2.32. The zero-order valence-electron chi connectivity index (χ0n) is 9.58. The predicted molar refractivity (Wildman–Crippen MR) is 68.1 cm³/mol. The number of ether oxygens (including phenoxy) is 1. The predicted octanol–water partition coefficient (Wildman–Crippen LogP) is 2.64. The summed E-state index contributed by atoms with van der Waals surface area (Å²) in [5, 5.41) is 19.7. The Balaban J connectivity index is 2.02. The van der Waals surface area contributed by atoms with Crippen LogP contribution in [0.3, 0.4) is 0 Å². The monoisotopic (exact) mass is 240 g/mol. The number of rotatable bonds is 1. The van der Waals surface area contributed by atoms with Crippen molar-refractivity contribution in [1.82, 2.24) is 0 Å². The first-order valence-electron chi connectivity index (χ1n) is 5.66. The van der Waals surface area contributed by atoms with Crippen LogP contribution < -0.4 is 4.74 Å². The number of phenolic OH excluding ortho intramolecular Hbond substituents is 1. The van der Waals surface area contributed by atoms with E-state index >= 15 is 0 Å². The van der Waals surface area contributed by atoms with E-state index in [1.165, 1.54) is 12.1 Å². The maximum atomic E-state index is 10.5. The van der Waals surface area contributed by atoms with Gasteiger partial charge in [0.05, 0.1) is 0 Å². The van der Waals surface area contributed by atoms with Gasteiger partial charge in [0.2, 0.25) is 0 Å². The van der Waals surface area contributed by atoms with Crippen LogP contribution in [0, 0.1) is 0 Å². The van der Waals surface area contributed by atoms with Crippen molar-refractivity contribution in [2.45, 2.75) is 5.79 Å². The molecule has 3 rings (SSSR count). The lowest BCUT2D eigenvalue weighted by Gasteiger charge is -2.30. The molecule has 1 unspecified atom stereocenters. The van der Waals surface area contributed by atoms with Gasteiger partial charge in [0.1, 0.15) is 11.5 Å². The van der Waals surface area contributed by atoms with Crippen LogP contribution in [0.2, 0.25) is 0 Å². The van der Waals surface area contributed by atoms with Crippen molar-refractivity contribution in [3.63, 3.8) is 0 Å². The van der Waals surface area contributed by atoms with Crippen molar-refractivity contribution in [3.05, 3.63) is 65.7 Å². The van der Waals surface area contributed by atoms with Gasteiger partial charge in [-0.15, -0.1) is 0 Å². The third kappa shape index (κ3) is 1.75. The number of para-hydroxylation sites is 1. The van der Waals surface area contributed by atoms with Crippen molar-refractivity contribution in [3.8, 4) is 11.5 Å². The highest BCUT2D eigenvalue weighted by molar-refractivity contribution is 5.61. The molecule has 0 aliphatic carbocycles. The molecule has 1 aliphatic rings. The molecule has 1 heterocycles. The number of hydrogen-bond donors (Lipinski definition) is 2. The molecule has 90 valence electrons. The summed E-state index contributed by atoms with van der Waals surface area (Å²) in [5.74, 6) is -0.694. The number of fused-ring (bicyclic) bond motifs is 1. The molecular formula is C15H12O3. The summed E-state index contributed by atoms with van der Waals surface area (Å²) in [7, 11) is 0. The van der Waals surface area contributed by atoms with Gasteiger partial charge in [-0.2, -0.15) is 0 Å². The first-order chi connectivity index (χ1) is 8.67. The van der Waals surface area contributed by atoms with Gasteiger partial charge in [-0.3, -0.25) is 0 Å². The van der Waals surface area contributed by atoms with Crippen molar-refractivity contribution in [2.24, 2.45) is 0 Å². The molecule has 0 saturated heterocycles. The average molecular weight is 240 g/mol. The molecule has 0 saturated carbocycles. The topological polar surface area (TPSA) is 49.7 Å². The standard InChI is InChI=1S/C15H12O3/c16-13-7-5-12(6-8-13)15(17)10-9-11-3-1-2-4-14(11)18-15/h1-10,16-17H. The van der Waals surface area contributed by atoms with Crippen LogP contribution in [-0.4, -0.2) is 10.2 Å². The fourth-order valence-electron chi connectivity index (χ4n) is 1.97. The van der Waals surface area contributed by atoms with E-state index in [-0.39, 0.29) is 5.75 Å². The smallest absolute Gasteiger partial charge is 0.255 e. The minimum absolute atomic E-state index is 0.155. The van der Waals surface area contributed by atoms with Crippen molar-refractivity contribution < 1.29 is 14.9 Å². The third-order valence-corrected chi connectivity index (χ3v) is 2.95. The van der Waals surface area contributed by atoms with Crippen LogP contribution in [0.4, 0.5) is 0 Å². The molecule has 18 heavy (non-hydrogen) atoms. The number of aliphatic hydroxyl groups is 1. The van der Waals surface area contributed by atoms with Crippen LogP contribution in [0.25, 0.3) is 6.08 Å². The lowest BCUT2D eigenvalue weighted by molar-refractivity contribution is -0.103. The molecule has 2 N–H and O–H groups in total. The zero-order chi connectivity index (χ0) is 12.6. The van der Waals surface area contributed by atoms with Gasteiger partial charge < -0.3 is 14.9 Å². The molecule has 3 nitrogen and oxygen atoms in total. The minimum atomic E-state index is -1.48. The molecule has 3 heteroatoms. The molecule has 0 bridgehead atoms.